The molecular formula is C12H6BrF3O3S. The van der Waals surface area contributed by atoms with Gasteiger partial charge in [-0.05, 0) is 18.2 Å². The Hall–Kier alpha value is -1.54. The number of carboxylic acids is 1. The summed E-state index contributed by atoms with van der Waals surface area (Å²) in [5.41, 5.74) is -0.927. The Morgan fingerprint density at radius 1 is 1.30 bits per heavy atom. The molecule has 1 heterocycles. The molecule has 0 amide bonds. The highest BCUT2D eigenvalue weighted by atomic mass is 79.9. The van der Waals surface area contributed by atoms with Crippen LogP contribution in [-0.4, -0.2) is 11.1 Å². The number of benzene rings is 1. The second-order valence-electron chi connectivity index (χ2n) is 3.69. The fourth-order valence-corrected chi connectivity index (χ4v) is 2.41. The first-order chi connectivity index (χ1) is 9.27. The maximum Gasteiger partial charge on any atom is 0.419 e. The van der Waals surface area contributed by atoms with Gasteiger partial charge in [0.2, 0.25) is 0 Å². The van der Waals surface area contributed by atoms with Crippen LogP contribution >= 0.6 is 27.3 Å². The minimum absolute atomic E-state index is 0.0106. The Labute approximate surface area is 123 Å². The molecule has 0 saturated heterocycles. The fourth-order valence-electron chi connectivity index (χ4n) is 1.43. The number of carbonyl (C=O) groups is 1. The Balaban J connectivity index is 2.36. The number of ether oxygens (including phenoxy) is 1. The highest BCUT2D eigenvalue weighted by molar-refractivity contribution is 9.10. The maximum absolute atomic E-state index is 12.8. The minimum Gasteiger partial charge on any atom is -0.477 e. The summed E-state index contributed by atoms with van der Waals surface area (Å²) in [7, 11) is 0. The van der Waals surface area contributed by atoms with Crippen molar-refractivity contribution in [3.05, 3.63) is 44.6 Å². The number of alkyl halides is 3. The van der Waals surface area contributed by atoms with Crippen LogP contribution in [0.2, 0.25) is 0 Å². The highest BCUT2D eigenvalue weighted by Crippen LogP contribution is 2.40. The lowest BCUT2D eigenvalue weighted by atomic mass is 10.2. The van der Waals surface area contributed by atoms with Crippen molar-refractivity contribution in [1.82, 2.24) is 0 Å². The van der Waals surface area contributed by atoms with Crippen LogP contribution in [0.4, 0.5) is 13.2 Å². The van der Waals surface area contributed by atoms with Crippen molar-refractivity contribution in [2.75, 3.05) is 0 Å². The molecule has 2 rings (SSSR count). The molecule has 0 aliphatic heterocycles. The molecule has 0 bridgehead atoms. The quantitative estimate of drug-likeness (QED) is 0.829. The summed E-state index contributed by atoms with van der Waals surface area (Å²) < 4.78 is 44.1. The van der Waals surface area contributed by atoms with Gasteiger partial charge in [-0.15, -0.1) is 11.3 Å². The summed E-state index contributed by atoms with van der Waals surface area (Å²) in [5, 5.41) is 10.1. The molecule has 0 fully saturated rings. The zero-order valence-corrected chi connectivity index (χ0v) is 12.0. The van der Waals surface area contributed by atoms with Gasteiger partial charge in [0.25, 0.3) is 0 Å². The number of hydrogen-bond acceptors (Lipinski definition) is 3. The minimum atomic E-state index is -4.55. The van der Waals surface area contributed by atoms with E-state index in [1.807, 2.05) is 0 Å². The Morgan fingerprint density at radius 3 is 2.55 bits per heavy atom. The van der Waals surface area contributed by atoms with Crippen molar-refractivity contribution < 1.29 is 27.8 Å². The molecule has 20 heavy (non-hydrogen) atoms. The summed E-state index contributed by atoms with van der Waals surface area (Å²) in [6.07, 6.45) is -4.55. The first-order valence-electron chi connectivity index (χ1n) is 5.14. The van der Waals surface area contributed by atoms with Crippen molar-refractivity contribution in [3.63, 3.8) is 0 Å². The molecule has 106 valence electrons. The number of aromatic carboxylic acids is 1. The first kappa shape index (κ1) is 14.9. The second-order valence-corrected chi connectivity index (χ2v) is 5.52. The fraction of sp³-hybridized carbons (Fsp3) is 0.0833. The third-order valence-corrected chi connectivity index (χ3v) is 3.65. The van der Waals surface area contributed by atoms with Crippen LogP contribution < -0.4 is 4.74 Å². The molecule has 0 atom stereocenters. The monoisotopic (exact) mass is 366 g/mol. The van der Waals surface area contributed by atoms with Crippen molar-refractivity contribution in [3.8, 4) is 11.5 Å². The molecular weight excluding hydrogens is 361 g/mol. The van der Waals surface area contributed by atoms with Gasteiger partial charge in [-0.3, -0.25) is 0 Å². The van der Waals surface area contributed by atoms with Crippen LogP contribution in [0, 0.1) is 0 Å². The normalized spacial score (nSPS) is 11.4. The van der Waals surface area contributed by atoms with E-state index in [4.69, 9.17) is 9.84 Å². The van der Waals surface area contributed by atoms with E-state index in [1.54, 1.807) is 0 Å². The van der Waals surface area contributed by atoms with Crippen LogP contribution in [0.1, 0.15) is 15.2 Å². The molecule has 0 aliphatic carbocycles. The van der Waals surface area contributed by atoms with Gasteiger partial charge in [-0.25, -0.2) is 4.79 Å². The SMILES string of the molecule is O=C(O)c1cc(Oc2cc(Br)ccc2C(F)(F)F)cs1. The zero-order chi connectivity index (χ0) is 14.9. The lowest BCUT2D eigenvalue weighted by Crippen LogP contribution is -2.06. The van der Waals surface area contributed by atoms with Gasteiger partial charge in [-0.2, -0.15) is 13.2 Å². The summed E-state index contributed by atoms with van der Waals surface area (Å²) in [5.74, 6) is -1.49. The number of carboxylic acid groups (broad SMARTS) is 1. The van der Waals surface area contributed by atoms with Gasteiger partial charge in [0.05, 0.1) is 5.56 Å². The van der Waals surface area contributed by atoms with Gasteiger partial charge < -0.3 is 9.84 Å². The number of hydrogen-bond donors (Lipinski definition) is 1. The maximum atomic E-state index is 12.8. The molecule has 0 aliphatic rings. The van der Waals surface area contributed by atoms with E-state index in [0.717, 1.165) is 17.4 Å². The molecule has 8 heteroatoms. The predicted octanol–water partition coefficient (Wildman–Crippen LogP) is 5.02. The van der Waals surface area contributed by atoms with E-state index in [0.29, 0.717) is 4.47 Å². The van der Waals surface area contributed by atoms with Crippen LogP contribution in [0.25, 0.3) is 0 Å². The number of rotatable bonds is 3. The molecule has 1 N–H and O–H groups in total. The molecule has 3 nitrogen and oxygen atoms in total. The number of thiophene rings is 1. The Morgan fingerprint density at radius 2 is 2.00 bits per heavy atom. The standard InChI is InChI=1S/C12H6BrF3O3S/c13-6-1-2-8(12(14,15)16)9(3-6)19-7-4-10(11(17)18)20-5-7/h1-5H,(H,17,18). The van der Waals surface area contributed by atoms with E-state index >= 15 is 0 Å². The van der Waals surface area contributed by atoms with Gasteiger partial charge >= 0.3 is 12.1 Å². The van der Waals surface area contributed by atoms with Crippen molar-refractivity contribution in [2.24, 2.45) is 0 Å². The lowest BCUT2D eigenvalue weighted by molar-refractivity contribution is -0.138. The summed E-state index contributed by atoms with van der Waals surface area (Å²) in [6.45, 7) is 0. The lowest BCUT2D eigenvalue weighted by Gasteiger charge is -2.13. The van der Waals surface area contributed by atoms with Crippen LogP contribution in [0.15, 0.2) is 34.1 Å². The van der Waals surface area contributed by atoms with Gasteiger partial charge in [0.1, 0.15) is 16.4 Å². The van der Waals surface area contributed by atoms with Gasteiger partial charge in [-0.1, -0.05) is 15.9 Å². The molecule has 1 aromatic carbocycles. The second kappa shape index (κ2) is 5.45. The Bertz CT molecular complexity index is 652. The average Bonchev–Trinajstić information content (AvgIpc) is 2.76. The van der Waals surface area contributed by atoms with Crippen LogP contribution in [-0.2, 0) is 6.18 Å². The Kier molecular flexibility index (Phi) is 4.05. The molecule has 1 aromatic heterocycles. The van der Waals surface area contributed by atoms with Crippen LogP contribution in [0.3, 0.4) is 0 Å². The average molecular weight is 367 g/mol. The molecule has 0 spiro atoms. The zero-order valence-electron chi connectivity index (χ0n) is 9.57. The predicted molar refractivity (Wildman–Crippen MR) is 70.5 cm³/mol. The first-order valence-corrected chi connectivity index (χ1v) is 6.81. The van der Waals surface area contributed by atoms with E-state index in [9.17, 15) is 18.0 Å². The number of halogens is 4. The topological polar surface area (TPSA) is 46.5 Å². The summed E-state index contributed by atoms with van der Waals surface area (Å²) >= 11 is 3.94. The molecule has 0 saturated carbocycles. The smallest absolute Gasteiger partial charge is 0.419 e. The molecule has 2 aromatic rings. The van der Waals surface area contributed by atoms with E-state index in [1.165, 1.54) is 23.6 Å². The summed E-state index contributed by atoms with van der Waals surface area (Å²) in [6, 6.07) is 4.50. The van der Waals surface area contributed by atoms with Gasteiger partial charge in [0, 0.05) is 15.9 Å². The van der Waals surface area contributed by atoms with Gasteiger partial charge in [0.15, 0.2) is 0 Å². The van der Waals surface area contributed by atoms with Crippen molar-refractivity contribution in [2.45, 2.75) is 6.18 Å². The summed E-state index contributed by atoms with van der Waals surface area (Å²) in [4.78, 5) is 10.7. The third kappa shape index (κ3) is 3.31. The van der Waals surface area contributed by atoms with E-state index in [2.05, 4.69) is 15.9 Å². The van der Waals surface area contributed by atoms with Crippen molar-refractivity contribution >= 4 is 33.2 Å². The van der Waals surface area contributed by atoms with E-state index in [-0.39, 0.29) is 16.4 Å². The largest absolute Gasteiger partial charge is 0.477 e. The van der Waals surface area contributed by atoms with E-state index < -0.39 is 17.7 Å². The highest BCUT2D eigenvalue weighted by Gasteiger charge is 2.34. The third-order valence-electron chi connectivity index (χ3n) is 2.26. The van der Waals surface area contributed by atoms with Crippen LogP contribution in [0.5, 0.6) is 11.5 Å². The molecule has 0 unspecified atom stereocenters. The van der Waals surface area contributed by atoms with Crippen molar-refractivity contribution in [1.29, 1.82) is 0 Å². The molecule has 0 radical (unpaired) electrons.